The zero-order chi connectivity index (χ0) is 21.4. The molecular weight excluding hydrogens is 384 g/mol. The Kier molecular flexibility index (Phi) is 5.10. The summed E-state index contributed by atoms with van der Waals surface area (Å²) < 4.78 is 2.32. The average molecular weight is 413 g/mol. The van der Waals surface area contributed by atoms with Gasteiger partial charge in [-0.05, 0) is 55.7 Å². The summed E-state index contributed by atoms with van der Waals surface area (Å²) >= 11 is 0. The first-order chi connectivity index (χ1) is 15.1. The number of fused-ring (bicyclic) bond motifs is 2. The number of benzene rings is 3. The summed E-state index contributed by atoms with van der Waals surface area (Å²) in [5.41, 5.74) is 2.97. The molecule has 3 aromatic carbocycles. The number of carbonyl (C=O) groups is 1. The lowest BCUT2D eigenvalue weighted by Crippen LogP contribution is -2.45. The molecule has 1 saturated heterocycles. The number of rotatable bonds is 4. The Morgan fingerprint density at radius 2 is 1.68 bits per heavy atom. The highest BCUT2D eigenvalue weighted by atomic mass is 16.1. The summed E-state index contributed by atoms with van der Waals surface area (Å²) in [5, 5.41) is 5.37. The van der Waals surface area contributed by atoms with Crippen molar-refractivity contribution in [3.63, 3.8) is 0 Å². The Morgan fingerprint density at radius 3 is 2.48 bits per heavy atom. The highest BCUT2D eigenvalue weighted by Gasteiger charge is 2.26. The minimum Gasteiger partial charge on any atom is -0.349 e. The lowest BCUT2D eigenvalue weighted by atomic mass is 10.0. The maximum atomic E-state index is 13.0. The van der Waals surface area contributed by atoms with E-state index in [9.17, 15) is 4.79 Å². The molecule has 2 heterocycles. The molecule has 31 heavy (non-hydrogen) atoms. The number of hydrogen-bond donors (Lipinski definition) is 1. The second-order valence-electron chi connectivity index (χ2n) is 8.63. The van der Waals surface area contributed by atoms with Gasteiger partial charge in [-0.3, -0.25) is 4.79 Å². The van der Waals surface area contributed by atoms with Crippen LogP contribution in [0.4, 0.5) is 5.95 Å². The summed E-state index contributed by atoms with van der Waals surface area (Å²) in [6.07, 6.45) is 1.83. The van der Waals surface area contributed by atoms with Crippen molar-refractivity contribution >= 4 is 33.7 Å². The molecule has 5 heteroatoms. The predicted molar refractivity (Wildman–Crippen MR) is 127 cm³/mol. The van der Waals surface area contributed by atoms with Gasteiger partial charge < -0.3 is 14.8 Å². The molecule has 1 aliphatic rings. The van der Waals surface area contributed by atoms with E-state index in [-0.39, 0.29) is 11.9 Å². The number of amides is 1. The van der Waals surface area contributed by atoms with Crippen molar-refractivity contribution < 1.29 is 4.79 Å². The molecule has 1 fully saturated rings. The summed E-state index contributed by atoms with van der Waals surface area (Å²) in [4.78, 5) is 20.3. The number of carbonyl (C=O) groups excluding carboxylic acids is 1. The molecule has 0 saturated carbocycles. The van der Waals surface area contributed by atoms with Crippen LogP contribution in [-0.4, -0.2) is 34.6 Å². The number of imidazole rings is 1. The van der Waals surface area contributed by atoms with E-state index in [1.807, 2.05) is 48.5 Å². The van der Waals surface area contributed by atoms with E-state index in [2.05, 4.69) is 46.8 Å². The van der Waals surface area contributed by atoms with Crippen molar-refractivity contribution in [1.82, 2.24) is 14.9 Å². The van der Waals surface area contributed by atoms with Gasteiger partial charge in [-0.2, -0.15) is 0 Å². The highest BCUT2D eigenvalue weighted by Crippen LogP contribution is 2.29. The Bertz CT molecular complexity index is 1230. The first-order valence-corrected chi connectivity index (χ1v) is 11.1. The van der Waals surface area contributed by atoms with Crippen LogP contribution in [0.2, 0.25) is 0 Å². The van der Waals surface area contributed by atoms with Crippen LogP contribution in [0.3, 0.4) is 0 Å². The average Bonchev–Trinajstić information content (AvgIpc) is 3.19. The first-order valence-electron chi connectivity index (χ1n) is 11.1. The first kappa shape index (κ1) is 19.6. The van der Waals surface area contributed by atoms with Crippen LogP contribution in [0, 0.1) is 0 Å². The minimum atomic E-state index is 0.0182. The van der Waals surface area contributed by atoms with E-state index in [4.69, 9.17) is 4.98 Å². The normalized spacial score (nSPS) is 15.1. The second-order valence-corrected chi connectivity index (χ2v) is 8.63. The third-order valence-corrected chi connectivity index (χ3v) is 6.24. The molecule has 0 bridgehead atoms. The third kappa shape index (κ3) is 3.65. The fourth-order valence-electron chi connectivity index (χ4n) is 4.67. The van der Waals surface area contributed by atoms with E-state index < -0.39 is 0 Å². The van der Waals surface area contributed by atoms with E-state index in [0.29, 0.717) is 6.04 Å². The van der Waals surface area contributed by atoms with Crippen molar-refractivity contribution in [3.8, 4) is 0 Å². The van der Waals surface area contributed by atoms with Crippen molar-refractivity contribution in [2.75, 3.05) is 18.0 Å². The molecular formula is C26H28N4O. The molecule has 1 amide bonds. The largest absolute Gasteiger partial charge is 0.349 e. The van der Waals surface area contributed by atoms with Gasteiger partial charge in [0.2, 0.25) is 5.95 Å². The standard InChI is InChI=1S/C26H28N4O/c1-18(2)30-24-13-6-5-12-23(24)28-26(30)29-16-14-20(15-17-29)27-25(31)22-11-7-9-19-8-3-4-10-21(19)22/h3-13,18,20H,14-17H2,1-2H3,(H,27,31). The summed E-state index contributed by atoms with van der Waals surface area (Å²) in [6.45, 7) is 6.18. The van der Waals surface area contributed by atoms with Crippen molar-refractivity contribution in [1.29, 1.82) is 0 Å². The van der Waals surface area contributed by atoms with Crippen LogP contribution in [0.1, 0.15) is 43.1 Å². The van der Waals surface area contributed by atoms with E-state index in [1.54, 1.807) is 0 Å². The molecule has 4 aromatic rings. The third-order valence-electron chi connectivity index (χ3n) is 6.24. The SMILES string of the molecule is CC(C)n1c(N2CCC(NC(=O)c3cccc4ccccc34)CC2)nc2ccccc21. The number of aromatic nitrogens is 2. The van der Waals surface area contributed by atoms with Crippen LogP contribution in [0.25, 0.3) is 21.8 Å². The van der Waals surface area contributed by atoms with Crippen LogP contribution in [0.15, 0.2) is 66.7 Å². The molecule has 0 atom stereocenters. The summed E-state index contributed by atoms with van der Waals surface area (Å²) in [5.74, 6) is 1.06. The fourth-order valence-corrected chi connectivity index (χ4v) is 4.67. The van der Waals surface area contributed by atoms with Crippen LogP contribution >= 0.6 is 0 Å². The van der Waals surface area contributed by atoms with E-state index >= 15 is 0 Å². The second kappa shape index (κ2) is 8.06. The number of para-hydroxylation sites is 2. The Hall–Kier alpha value is -3.34. The topological polar surface area (TPSA) is 50.2 Å². The smallest absolute Gasteiger partial charge is 0.252 e. The number of nitrogens with one attached hydrogen (secondary N) is 1. The molecule has 1 aromatic heterocycles. The van der Waals surface area contributed by atoms with Crippen molar-refractivity contribution in [3.05, 3.63) is 72.3 Å². The lowest BCUT2D eigenvalue weighted by molar-refractivity contribution is 0.0932. The molecule has 5 nitrogen and oxygen atoms in total. The number of nitrogens with zero attached hydrogens (tertiary/aromatic N) is 3. The van der Waals surface area contributed by atoms with Crippen LogP contribution < -0.4 is 10.2 Å². The molecule has 1 N–H and O–H groups in total. The van der Waals surface area contributed by atoms with Crippen LogP contribution in [-0.2, 0) is 0 Å². The number of anilines is 1. The zero-order valence-corrected chi connectivity index (χ0v) is 18.1. The van der Waals surface area contributed by atoms with Crippen molar-refractivity contribution in [2.45, 2.75) is 38.8 Å². The maximum Gasteiger partial charge on any atom is 0.252 e. The van der Waals surface area contributed by atoms with Gasteiger partial charge in [0, 0.05) is 30.7 Å². The van der Waals surface area contributed by atoms with E-state index in [1.165, 1.54) is 5.52 Å². The van der Waals surface area contributed by atoms with E-state index in [0.717, 1.165) is 53.7 Å². The van der Waals surface area contributed by atoms with Gasteiger partial charge in [-0.1, -0.05) is 48.5 Å². The quantitative estimate of drug-likeness (QED) is 0.503. The van der Waals surface area contributed by atoms with Gasteiger partial charge in [0.15, 0.2) is 0 Å². The molecule has 0 aliphatic carbocycles. The Balaban J connectivity index is 1.30. The zero-order valence-electron chi connectivity index (χ0n) is 18.1. The van der Waals surface area contributed by atoms with Crippen molar-refractivity contribution in [2.24, 2.45) is 0 Å². The van der Waals surface area contributed by atoms with Gasteiger partial charge in [0.05, 0.1) is 11.0 Å². The lowest BCUT2D eigenvalue weighted by Gasteiger charge is -2.34. The van der Waals surface area contributed by atoms with Crippen LogP contribution in [0.5, 0.6) is 0 Å². The molecule has 0 unspecified atom stereocenters. The van der Waals surface area contributed by atoms with Gasteiger partial charge in [0.25, 0.3) is 5.91 Å². The minimum absolute atomic E-state index is 0.0182. The number of hydrogen-bond acceptors (Lipinski definition) is 3. The summed E-state index contributed by atoms with van der Waals surface area (Å²) in [7, 11) is 0. The Morgan fingerprint density at radius 1 is 0.968 bits per heavy atom. The number of piperidine rings is 1. The molecule has 1 aliphatic heterocycles. The molecule has 0 spiro atoms. The summed E-state index contributed by atoms with van der Waals surface area (Å²) in [6, 6.07) is 22.8. The predicted octanol–water partition coefficient (Wildman–Crippen LogP) is 5.17. The van der Waals surface area contributed by atoms with Gasteiger partial charge >= 0.3 is 0 Å². The molecule has 0 radical (unpaired) electrons. The van der Waals surface area contributed by atoms with Gasteiger partial charge in [-0.15, -0.1) is 0 Å². The Labute approximate surface area is 182 Å². The monoisotopic (exact) mass is 412 g/mol. The van der Waals surface area contributed by atoms with Gasteiger partial charge in [-0.25, -0.2) is 4.98 Å². The fraction of sp³-hybridized carbons (Fsp3) is 0.308. The molecule has 5 rings (SSSR count). The molecule has 158 valence electrons. The van der Waals surface area contributed by atoms with Gasteiger partial charge in [0.1, 0.15) is 0 Å². The highest BCUT2D eigenvalue weighted by molar-refractivity contribution is 6.07. The maximum absolute atomic E-state index is 13.0.